The molecule has 6 nitrogen and oxygen atoms in total. The molecule has 0 saturated carbocycles. The fourth-order valence-corrected chi connectivity index (χ4v) is 1.69. The first kappa shape index (κ1) is 14.4. The summed E-state index contributed by atoms with van der Waals surface area (Å²) in [6.07, 6.45) is 0.902. The lowest BCUT2D eigenvalue weighted by Crippen LogP contribution is -2.32. The number of amides is 1. The maximum absolute atomic E-state index is 13.3. The van der Waals surface area contributed by atoms with Gasteiger partial charge in [0.05, 0.1) is 18.0 Å². The van der Waals surface area contributed by atoms with Crippen molar-refractivity contribution < 1.29 is 17.6 Å². The number of anilines is 2. The number of halogens is 1. The molecule has 1 rings (SSSR count). The highest BCUT2D eigenvalue weighted by atomic mass is 32.2. The Hall–Kier alpha value is -1.67. The highest BCUT2D eigenvalue weighted by molar-refractivity contribution is 7.92. The van der Waals surface area contributed by atoms with Crippen molar-refractivity contribution >= 4 is 27.3 Å². The highest BCUT2D eigenvalue weighted by Gasteiger charge is 2.11. The van der Waals surface area contributed by atoms with Crippen molar-refractivity contribution in [2.24, 2.45) is 5.73 Å². The summed E-state index contributed by atoms with van der Waals surface area (Å²) in [7, 11) is -3.59. The molecule has 8 heteroatoms. The molecule has 0 aliphatic carbocycles. The molecule has 0 unspecified atom stereocenters. The van der Waals surface area contributed by atoms with E-state index in [0.29, 0.717) is 0 Å². The van der Waals surface area contributed by atoms with Gasteiger partial charge in [-0.05, 0) is 25.1 Å². The van der Waals surface area contributed by atoms with Crippen molar-refractivity contribution in [1.82, 2.24) is 0 Å². The zero-order valence-corrected chi connectivity index (χ0v) is 10.7. The summed E-state index contributed by atoms with van der Waals surface area (Å²) >= 11 is 0. The maximum Gasteiger partial charge on any atom is 0.240 e. The van der Waals surface area contributed by atoms with Gasteiger partial charge in [0, 0.05) is 5.69 Å². The second kappa shape index (κ2) is 5.32. The van der Waals surface area contributed by atoms with Crippen LogP contribution in [-0.4, -0.2) is 26.6 Å². The van der Waals surface area contributed by atoms with Gasteiger partial charge in [-0.2, -0.15) is 0 Å². The predicted molar refractivity (Wildman–Crippen MR) is 67.1 cm³/mol. The Kier molecular flexibility index (Phi) is 4.25. The van der Waals surface area contributed by atoms with E-state index in [1.54, 1.807) is 0 Å². The summed E-state index contributed by atoms with van der Waals surface area (Å²) in [5, 5.41) is 2.43. The van der Waals surface area contributed by atoms with E-state index in [-0.39, 0.29) is 11.4 Å². The molecule has 18 heavy (non-hydrogen) atoms. The van der Waals surface area contributed by atoms with Crippen LogP contribution in [0.4, 0.5) is 15.8 Å². The molecule has 0 bridgehead atoms. The van der Waals surface area contributed by atoms with E-state index >= 15 is 0 Å². The van der Waals surface area contributed by atoms with Crippen LogP contribution in [0.3, 0.4) is 0 Å². The molecule has 1 atom stereocenters. The minimum Gasteiger partial charge on any atom is -0.325 e. The normalized spacial score (nSPS) is 12.9. The maximum atomic E-state index is 13.3. The van der Waals surface area contributed by atoms with E-state index in [1.807, 2.05) is 4.72 Å². The number of nitrogens with two attached hydrogens (primary N) is 1. The van der Waals surface area contributed by atoms with E-state index in [0.717, 1.165) is 12.3 Å². The van der Waals surface area contributed by atoms with Crippen molar-refractivity contribution in [2.75, 3.05) is 16.3 Å². The van der Waals surface area contributed by atoms with Gasteiger partial charge in [-0.25, -0.2) is 12.8 Å². The lowest BCUT2D eigenvalue weighted by Gasteiger charge is -2.10. The molecule has 0 spiro atoms. The Balaban J connectivity index is 2.97. The number of benzene rings is 1. The molecule has 0 saturated heterocycles. The second-order valence-electron chi connectivity index (χ2n) is 3.85. The molecule has 0 aliphatic rings. The molecular formula is C10H14FN3O3S. The quantitative estimate of drug-likeness (QED) is 0.744. The highest BCUT2D eigenvalue weighted by Crippen LogP contribution is 2.20. The van der Waals surface area contributed by atoms with Crippen LogP contribution in [0.1, 0.15) is 6.92 Å². The molecule has 0 fully saturated rings. The first-order chi connectivity index (χ1) is 8.19. The molecule has 100 valence electrons. The molecule has 4 N–H and O–H groups in total. The van der Waals surface area contributed by atoms with Gasteiger partial charge in [-0.3, -0.25) is 9.52 Å². The zero-order valence-electron chi connectivity index (χ0n) is 9.90. The topological polar surface area (TPSA) is 101 Å². The van der Waals surface area contributed by atoms with Gasteiger partial charge in [0.2, 0.25) is 15.9 Å². The van der Waals surface area contributed by atoms with Crippen molar-refractivity contribution in [1.29, 1.82) is 0 Å². The molecule has 0 aliphatic heterocycles. The molecule has 0 aromatic heterocycles. The Morgan fingerprint density at radius 2 is 2.06 bits per heavy atom. The van der Waals surface area contributed by atoms with E-state index in [4.69, 9.17) is 5.73 Å². The lowest BCUT2D eigenvalue weighted by molar-refractivity contribution is -0.117. The summed E-state index contributed by atoms with van der Waals surface area (Å²) in [5.41, 5.74) is 5.37. The average Bonchev–Trinajstić information content (AvgIpc) is 2.20. The van der Waals surface area contributed by atoms with Crippen LogP contribution in [0.5, 0.6) is 0 Å². The largest absolute Gasteiger partial charge is 0.325 e. The monoisotopic (exact) mass is 275 g/mol. The fourth-order valence-electron chi connectivity index (χ4n) is 1.14. The van der Waals surface area contributed by atoms with Gasteiger partial charge in [-0.1, -0.05) is 0 Å². The van der Waals surface area contributed by atoms with Gasteiger partial charge >= 0.3 is 0 Å². The fraction of sp³-hybridized carbons (Fsp3) is 0.300. The van der Waals surface area contributed by atoms with Gasteiger partial charge in [0.25, 0.3) is 0 Å². The Morgan fingerprint density at radius 1 is 1.44 bits per heavy atom. The first-order valence-electron chi connectivity index (χ1n) is 5.03. The third-order valence-electron chi connectivity index (χ3n) is 1.94. The Morgan fingerprint density at radius 3 is 2.56 bits per heavy atom. The van der Waals surface area contributed by atoms with Crippen LogP contribution in [0.15, 0.2) is 18.2 Å². The molecule has 1 amide bonds. The molecule has 0 radical (unpaired) electrons. The summed E-state index contributed by atoms with van der Waals surface area (Å²) in [5.74, 6) is -1.19. The molecule has 0 heterocycles. The predicted octanol–water partition coefficient (Wildman–Crippen LogP) is 0.483. The van der Waals surface area contributed by atoms with Gasteiger partial charge in [0.15, 0.2) is 0 Å². The third-order valence-corrected chi connectivity index (χ3v) is 2.53. The zero-order chi connectivity index (χ0) is 13.9. The standard InChI is InChI=1S/C10H14FN3O3S/c1-6(12)10(15)13-7-3-4-8(11)9(5-7)14-18(2,16)17/h3-6,14H,12H2,1-2H3,(H,13,15)/t6-/m0/s1. The summed E-state index contributed by atoms with van der Waals surface area (Å²) in [4.78, 5) is 11.3. The number of nitrogens with one attached hydrogen (secondary N) is 2. The van der Waals surface area contributed by atoms with E-state index in [1.165, 1.54) is 19.1 Å². The van der Waals surface area contributed by atoms with Crippen LogP contribution >= 0.6 is 0 Å². The first-order valence-corrected chi connectivity index (χ1v) is 6.92. The van der Waals surface area contributed by atoms with E-state index in [2.05, 4.69) is 5.32 Å². The Bertz CT molecular complexity index is 557. The van der Waals surface area contributed by atoms with Crippen molar-refractivity contribution in [3.05, 3.63) is 24.0 Å². The van der Waals surface area contributed by atoms with Crippen molar-refractivity contribution in [3.63, 3.8) is 0 Å². The molecular weight excluding hydrogens is 261 g/mol. The van der Waals surface area contributed by atoms with Crippen LogP contribution in [0.2, 0.25) is 0 Å². The number of carbonyl (C=O) groups excluding carboxylic acids is 1. The van der Waals surface area contributed by atoms with Crippen LogP contribution in [-0.2, 0) is 14.8 Å². The number of hydrogen-bond acceptors (Lipinski definition) is 4. The number of carbonyl (C=O) groups is 1. The third kappa shape index (κ3) is 4.30. The minimum atomic E-state index is -3.59. The van der Waals surface area contributed by atoms with Crippen molar-refractivity contribution in [2.45, 2.75) is 13.0 Å². The lowest BCUT2D eigenvalue weighted by atomic mass is 10.2. The van der Waals surface area contributed by atoms with Crippen LogP contribution in [0, 0.1) is 5.82 Å². The van der Waals surface area contributed by atoms with Crippen LogP contribution in [0.25, 0.3) is 0 Å². The number of hydrogen-bond donors (Lipinski definition) is 3. The second-order valence-corrected chi connectivity index (χ2v) is 5.60. The van der Waals surface area contributed by atoms with Crippen molar-refractivity contribution in [3.8, 4) is 0 Å². The average molecular weight is 275 g/mol. The van der Waals surface area contributed by atoms with Gasteiger partial charge in [0.1, 0.15) is 5.82 Å². The summed E-state index contributed by atoms with van der Waals surface area (Å²) in [6.45, 7) is 1.49. The van der Waals surface area contributed by atoms with Crippen LogP contribution < -0.4 is 15.8 Å². The van der Waals surface area contributed by atoms with Gasteiger partial charge in [-0.15, -0.1) is 0 Å². The Labute approximate surface area is 104 Å². The van der Waals surface area contributed by atoms with E-state index in [9.17, 15) is 17.6 Å². The van der Waals surface area contributed by atoms with E-state index < -0.39 is 27.8 Å². The smallest absolute Gasteiger partial charge is 0.240 e. The molecule has 1 aromatic carbocycles. The molecule has 1 aromatic rings. The minimum absolute atomic E-state index is 0.236. The summed E-state index contributed by atoms with van der Waals surface area (Å²) in [6, 6.07) is 2.81. The summed E-state index contributed by atoms with van der Waals surface area (Å²) < 4.78 is 37.4. The number of rotatable bonds is 4. The number of sulfonamides is 1. The SMILES string of the molecule is C[C@H](N)C(=O)Nc1ccc(F)c(NS(C)(=O)=O)c1. The van der Waals surface area contributed by atoms with Gasteiger partial charge < -0.3 is 11.1 Å².